The molecule has 1 aliphatic rings. The molecule has 0 amide bonds. The molecular weight excluding hydrogens is 274 g/mol. The fourth-order valence-corrected chi connectivity index (χ4v) is 3.19. The lowest BCUT2D eigenvalue weighted by Crippen LogP contribution is -2.33. The van der Waals surface area contributed by atoms with Crippen LogP contribution in [0.4, 0.5) is 0 Å². The van der Waals surface area contributed by atoms with Gasteiger partial charge in [0.15, 0.2) is 0 Å². The molecule has 0 spiro atoms. The molecule has 2 aromatic heterocycles. The molecule has 0 unspecified atom stereocenters. The summed E-state index contributed by atoms with van der Waals surface area (Å²) in [7, 11) is 0. The molecule has 22 heavy (non-hydrogen) atoms. The van der Waals surface area contributed by atoms with Crippen LogP contribution >= 0.6 is 0 Å². The molecule has 0 aliphatic carbocycles. The van der Waals surface area contributed by atoms with E-state index in [9.17, 15) is 0 Å². The van der Waals surface area contributed by atoms with Crippen LogP contribution < -0.4 is 0 Å². The summed E-state index contributed by atoms with van der Waals surface area (Å²) in [6.07, 6.45) is 6.05. The molecule has 1 saturated heterocycles. The Labute approximate surface area is 132 Å². The smallest absolute Gasteiger partial charge is 0.136 e. The van der Waals surface area contributed by atoms with E-state index in [1.807, 2.05) is 18.6 Å². The van der Waals surface area contributed by atoms with Gasteiger partial charge >= 0.3 is 0 Å². The monoisotopic (exact) mass is 299 g/mol. The van der Waals surface area contributed by atoms with Crippen molar-refractivity contribution in [1.29, 1.82) is 0 Å². The lowest BCUT2D eigenvalue weighted by molar-refractivity contribution is 0.197. The zero-order valence-corrected chi connectivity index (χ0v) is 13.7. The van der Waals surface area contributed by atoms with Gasteiger partial charge in [0.1, 0.15) is 12.2 Å². The summed E-state index contributed by atoms with van der Waals surface area (Å²) in [6.45, 7) is 9.67. The fraction of sp³-hybridized carbons (Fsp3) is 0.588. The van der Waals surface area contributed by atoms with Crippen LogP contribution in [0.25, 0.3) is 0 Å². The summed E-state index contributed by atoms with van der Waals surface area (Å²) in [5.41, 5.74) is 2.48. The second-order valence-corrected chi connectivity index (χ2v) is 6.51. The molecule has 1 aliphatic heterocycles. The predicted octanol–water partition coefficient (Wildman–Crippen LogP) is 2.94. The minimum absolute atomic E-state index is 0.430. The minimum atomic E-state index is 0.430. The Morgan fingerprint density at radius 2 is 2.05 bits per heavy atom. The number of pyridine rings is 1. The van der Waals surface area contributed by atoms with Crippen LogP contribution in [0.1, 0.15) is 55.7 Å². The van der Waals surface area contributed by atoms with Crippen molar-refractivity contribution in [1.82, 2.24) is 24.6 Å². The molecule has 3 heterocycles. The Balaban J connectivity index is 1.61. The van der Waals surface area contributed by atoms with Crippen LogP contribution in [0.5, 0.6) is 0 Å². The van der Waals surface area contributed by atoms with E-state index in [4.69, 9.17) is 0 Å². The first-order valence-corrected chi connectivity index (χ1v) is 8.17. The molecule has 0 N–H and O–H groups in total. The zero-order valence-electron chi connectivity index (χ0n) is 13.7. The number of nitrogens with zero attached hydrogens (tertiary/aromatic N) is 5. The first-order valence-electron chi connectivity index (χ1n) is 8.17. The highest BCUT2D eigenvalue weighted by Gasteiger charge is 2.25. The summed E-state index contributed by atoms with van der Waals surface area (Å²) >= 11 is 0. The molecule has 118 valence electrons. The van der Waals surface area contributed by atoms with E-state index in [2.05, 4.69) is 51.5 Å². The van der Waals surface area contributed by atoms with Gasteiger partial charge in [0.25, 0.3) is 0 Å². The molecule has 2 aromatic rings. The van der Waals surface area contributed by atoms with Gasteiger partial charge in [-0.15, -0.1) is 10.2 Å². The number of aryl methyl sites for hydroxylation is 1. The van der Waals surface area contributed by atoms with E-state index in [1.54, 1.807) is 0 Å². The first kappa shape index (κ1) is 15.2. The van der Waals surface area contributed by atoms with Crippen molar-refractivity contribution in [2.75, 3.05) is 13.1 Å². The highest BCUT2D eigenvalue weighted by Crippen LogP contribution is 2.28. The van der Waals surface area contributed by atoms with E-state index in [1.165, 1.54) is 11.3 Å². The maximum Gasteiger partial charge on any atom is 0.136 e. The Hall–Kier alpha value is -1.75. The summed E-state index contributed by atoms with van der Waals surface area (Å²) in [5.74, 6) is 1.69. The standard InChI is InChI=1S/C17H25N5/c1-13(2)22-12-19-20-17(22)15-6-9-21(10-7-15)11-16-14(3)5-4-8-18-16/h4-5,8,12-13,15H,6-7,9-11H2,1-3H3. The van der Waals surface area contributed by atoms with Crippen molar-refractivity contribution >= 4 is 0 Å². The largest absolute Gasteiger partial charge is 0.315 e. The van der Waals surface area contributed by atoms with Crippen LogP contribution in [-0.2, 0) is 6.54 Å². The van der Waals surface area contributed by atoms with Gasteiger partial charge in [0.2, 0.25) is 0 Å². The molecule has 0 bridgehead atoms. The molecule has 0 atom stereocenters. The van der Waals surface area contributed by atoms with E-state index in [0.717, 1.165) is 38.3 Å². The van der Waals surface area contributed by atoms with Gasteiger partial charge in [-0.1, -0.05) is 6.07 Å². The second kappa shape index (κ2) is 6.57. The van der Waals surface area contributed by atoms with E-state index in [-0.39, 0.29) is 0 Å². The van der Waals surface area contributed by atoms with E-state index >= 15 is 0 Å². The number of likely N-dealkylation sites (tertiary alicyclic amines) is 1. The minimum Gasteiger partial charge on any atom is -0.315 e. The van der Waals surface area contributed by atoms with Crippen LogP contribution in [0, 0.1) is 6.92 Å². The SMILES string of the molecule is Cc1cccnc1CN1CCC(c2nncn2C(C)C)CC1. The average molecular weight is 299 g/mol. The van der Waals surface area contributed by atoms with Crippen molar-refractivity contribution in [2.45, 2.75) is 52.1 Å². The molecule has 0 saturated carbocycles. The zero-order chi connectivity index (χ0) is 15.5. The van der Waals surface area contributed by atoms with Gasteiger partial charge in [-0.3, -0.25) is 9.88 Å². The molecule has 1 fully saturated rings. The van der Waals surface area contributed by atoms with Gasteiger partial charge in [-0.2, -0.15) is 0 Å². The maximum absolute atomic E-state index is 4.51. The van der Waals surface area contributed by atoms with Crippen molar-refractivity contribution in [2.24, 2.45) is 0 Å². The Bertz CT molecular complexity index is 611. The normalized spacial score (nSPS) is 17.3. The third kappa shape index (κ3) is 3.19. The summed E-state index contributed by atoms with van der Waals surface area (Å²) < 4.78 is 2.21. The number of piperidine rings is 1. The van der Waals surface area contributed by atoms with Crippen molar-refractivity contribution < 1.29 is 0 Å². The predicted molar refractivity (Wildman–Crippen MR) is 86.6 cm³/mol. The topological polar surface area (TPSA) is 46.8 Å². The van der Waals surface area contributed by atoms with Gasteiger partial charge in [-0.25, -0.2) is 0 Å². The maximum atomic E-state index is 4.51. The highest BCUT2D eigenvalue weighted by atomic mass is 15.3. The Kier molecular flexibility index (Phi) is 4.52. The number of rotatable bonds is 4. The Morgan fingerprint density at radius 1 is 1.27 bits per heavy atom. The average Bonchev–Trinajstić information content (AvgIpc) is 3.00. The Morgan fingerprint density at radius 3 is 2.73 bits per heavy atom. The van der Waals surface area contributed by atoms with Gasteiger partial charge in [0.05, 0.1) is 5.69 Å². The van der Waals surface area contributed by atoms with Crippen LogP contribution in [0.2, 0.25) is 0 Å². The quantitative estimate of drug-likeness (QED) is 0.871. The molecule has 0 aromatic carbocycles. The lowest BCUT2D eigenvalue weighted by Gasteiger charge is -2.32. The third-order valence-corrected chi connectivity index (χ3v) is 4.60. The molecule has 5 nitrogen and oxygen atoms in total. The van der Waals surface area contributed by atoms with Crippen molar-refractivity contribution in [3.8, 4) is 0 Å². The molecule has 5 heteroatoms. The van der Waals surface area contributed by atoms with Crippen LogP contribution in [0.15, 0.2) is 24.7 Å². The van der Waals surface area contributed by atoms with E-state index in [0.29, 0.717) is 12.0 Å². The number of aromatic nitrogens is 4. The molecule has 3 rings (SSSR count). The van der Waals surface area contributed by atoms with Gasteiger partial charge < -0.3 is 4.57 Å². The fourth-order valence-electron chi connectivity index (χ4n) is 3.19. The number of hydrogen-bond donors (Lipinski definition) is 0. The second-order valence-electron chi connectivity index (χ2n) is 6.51. The molecular formula is C17H25N5. The summed E-state index contributed by atoms with van der Waals surface area (Å²) in [6, 6.07) is 4.57. The van der Waals surface area contributed by atoms with Gasteiger partial charge in [-0.05, 0) is 58.3 Å². The van der Waals surface area contributed by atoms with Crippen LogP contribution in [0.3, 0.4) is 0 Å². The number of hydrogen-bond acceptors (Lipinski definition) is 4. The van der Waals surface area contributed by atoms with Gasteiger partial charge in [0, 0.05) is 24.7 Å². The highest BCUT2D eigenvalue weighted by molar-refractivity contribution is 5.17. The lowest BCUT2D eigenvalue weighted by atomic mass is 9.95. The van der Waals surface area contributed by atoms with Crippen LogP contribution in [-0.4, -0.2) is 37.7 Å². The summed E-state index contributed by atoms with van der Waals surface area (Å²) in [4.78, 5) is 7.01. The molecule has 0 radical (unpaired) electrons. The summed E-state index contributed by atoms with van der Waals surface area (Å²) in [5, 5.41) is 8.47. The first-order chi connectivity index (χ1) is 10.6. The van der Waals surface area contributed by atoms with Crippen molar-refractivity contribution in [3.63, 3.8) is 0 Å². The third-order valence-electron chi connectivity index (χ3n) is 4.60. The van der Waals surface area contributed by atoms with E-state index < -0.39 is 0 Å². The van der Waals surface area contributed by atoms with Crippen molar-refractivity contribution in [3.05, 3.63) is 41.7 Å².